The smallest absolute Gasteiger partial charge is 1.00 e. The summed E-state index contributed by atoms with van der Waals surface area (Å²) in [6.45, 7) is 1.98. The summed E-state index contributed by atoms with van der Waals surface area (Å²) in [6, 6.07) is 7.17. The Morgan fingerprint density at radius 3 is 2.28 bits per heavy atom. The first kappa shape index (κ1) is 16.1. The van der Waals surface area contributed by atoms with E-state index in [0.717, 1.165) is 0 Å². The molecule has 0 unspecified atom stereocenters. The van der Waals surface area contributed by atoms with Crippen molar-refractivity contribution >= 4 is 34.1 Å². The molecule has 0 saturated heterocycles. The van der Waals surface area contributed by atoms with E-state index in [-0.39, 0.29) is 37.6 Å². The molecule has 1 aliphatic rings. The van der Waals surface area contributed by atoms with Crippen molar-refractivity contribution in [3.8, 4) is 0 Å². The molecule has 0 aromatic heterocycles. The molecule has 0 amide bonds. The molecule has 0 saturated carbocycles. The molecule has 2 N–H and O–H groups in total. The normalized spacial score (nSPS) is 16.1. The molecule has 0 spiro atoms. The summed E-state index contributed by atoms with van der Waals surface area (Å²) in [5, 5.41) is 5.60. The van der Waals surface area contributed by atoms with Crippen molar-refractivity contribution in [1.29, 1.82) is 0 Å². The van der Waals surface area contributed by atoms with E-state index in [1.165, 1.54) is 0 Å². The van der Waals surface area contributed by atoms with Crippen molar-refractivity contribution in [1.82, 2.24) is 0 Å². The van der Waals surface area contributed by atoms with E-state index in [0.29, 0.717) is 17.8 Å². The zero-order chi connectivity index (χ0) is 12.5. The van der Waals surface area contributed by atoms with Crippen LogP contribution in [0.3, 0.4) is 0 Å². The van der Waals surface area contributed by atoms with Crippen molar-refractivity contribution < 1.29 is 43.6 Å². The van der Waals surface area contributed by atoms with Gasteiger partial charge in [-0.05, 0) is 18.6 Å². The SMILES string of the molecule is CCCOS(=O)(=O)C1(S)Nc2ccccc2N1.[H-].[Na+]. The number of anilines is 2. The van der Waals surface area contributed by atoms with E-state index in [9.17, 15) is 8.42 Å². The molecule has 96 valence electrons. The zero-order valence-electron chi connectivity index (χ0n) is 11.3. The van der Waals surface area contributed by atoms with E-state index in [4.69, 9.17) is 4.18 Å². The van der Waals surface area contributed by atoms with Crippen LogP contribution in [0, 0.1) is 0 Å². The molecular formula is C10H15N2NaO3S2. The summed E-state index contributed by atoms with van der Waals surface area (Å²) < 4.78 is 27.2. The van der Waals surface area contributed by atoms with Gasteiger partial charge in [-0.15, -0.1) is 12.6 Å². The van der Waals surface area contributed by atoms with Crippen LogP contribution in [0.5, 0.6) is 0 Å². The van der Waals surface area contributed by atoms with Gasteiger partial charge in [0.2, 0.25) is 0 Å². The Bertz CT molecular complexity index is 502. The van der Waals surface area contributed by atoms with Crippen LogP contribution in [-0.4, -0.2) is 19.4 Å². The largest absolute Gasteiger partial charge is 1.00 e. The third-order valence-corrected chi connectivity index (χ3v) is 4.64. The second-order valence-corrected chi connectivity index (χ2v) is 6.45. The maximum atomic E-state index is 12.0. The quantitative estimate of drug-likeness (QED) is 0.376. The average Bonchev–Trinajstić information content (AvgIpc) is 2.64. The molecule has 0 atom stereocenters. The monoisotopic (exact) mass is 298 g/mol. The number of nitrogens with one attached hydrogen (secondary N) is 2. The van der Waals surface area contributed by atoms with Crippen LogP contribution in [0.15, 0.2) is 24.3 Å². The Morgan fingerprint density at radius 2 is 1.83 bits per heavy atom. The second-order valence-electron chi connectivity index (χ2n) is 3.72. The Kier molecular flexibility index (Phi) is 5.40. The standard InChI is InChI=1S/C10H14N2O3S2.Na.H/c1-2-7-15-17(13,14)10(16)11-8-5-3-4-6-9(8)12-10;;/h3-6,11-12,16H,2,7H2,1H3;;/q;+1;-1. The molecule has 0 radical (unpaired) electrons. The number of benzene rings is 1. The predicted molar refractivity (Wildman–Crippen MR) is 71.7 cm³/mol. The second kappa shape index (κ2) is 6.02. The maximum Gasteiger partial charge on any atom is 1.00 e. The molecule has 0 fully saturated rings. The fourth-order valence-electron chi connectivity index (χ4n) is 1.50. The van der Waals surface area contributed by atoms with Crippen molar-refractivity contribution in [2.75, 3.05) is 17.2 Å². The molecule has 1 heterocycles. The van der Waals surface area contributed by atoms with E-state index in [1.54, 1.807) is 12.1 Å². The van der Waals surface area contributed by atoms with Gasteiger partial charge in [0.25, 0.3) is 4.33 Å². The van der Waals surface area contributed by atoms with Gasteiger partial charge in [0.05, 0.1) is 18.0 Å². The van der Waals surface area contributed by atoms with Crippen molar-refractivity contribution in [2.24, 2.45) is 0 Å². The molecule has 1 aliphatic heterocycles. The third kappa shape index (κ3) is 2.97. The van der Waals surface area contributed by atoms with E-state index < -0.39 is 14.4 Å². The van der Waals surface area contributed by atoms with Gasteiger partial charge in [-0.2, -0.15) is 8.42 Å². The van der Waals surface area contributed by atoms with Gasteiger partial charge < -0.3 is 12.1 Å². The minimum absolute atomic E-state index is 0. The number of hydrogen-bond acceptors (Lipinski definition) is 6. The Hall–Kier alpha value is 0.0800. The first-order chi connectivity index (χ1) is 7.98. The van der Waals surface area contributed by atoms with Crippen molar-refractivity contribution in [3.05, 3.63) is 24.3 Å². The molecule has 18 heavy (non-hydrogen) atoms. The number of thiol groups is 1. The number of rotatable bonds is 4. The van der Waals surface area contributed by atoms with Crippen molar-refractivity contribution in [2.45, 2.75) is 17.7 Å². The van der Waals surface area contributed by atoms with Gasteiger partial charge >= 0.3 is 39.7 Å². The van der Waals surface area contributed by atoms with Crippen molar-refractivity contribution in [3.63, 3.8) is 0 Å². The minimum Gasteiger partial charge on any atom is -1.00 e. The Morgan fingerprint density at radius 1 is 1.33 bits per heavy atom. The molecule has 1 aromatic carbocycles. The average molecular weight is 298 g/mol. The fraction of sp³-hybridized carbons (Fsp3) is 0.400. The summed E-state index contributed by atoms with van der Waals surface area (Å²) in [6.07, 6.45) is 0.621. The summed E-state index contributed by atoms with van der Waals surface area (Å²) in [5.41, 5.74) is 1.37. The summed E-state index contributed by atoms with van der Waals surface area (Å²) in [5.74, 6) is 0. The number of fused-ring (bicyclic) bond motifs is 1. The Balaban J connectivity index is 0.00000162. The fourth-order valence-corrected chi connectivity index (χ4v) is 2.93. The molecule has 5 nitrogen and oxygen atoms in total. The molecular weight excluding hydrogens is 283 g/mol. The molecule has 1 aromatic rings. The van der Waals surface area contributed by atoms with Crippen LogP contribution >= 0.6 is 12.6 Å². The van der Waals surface area contributed by atoms with Gasteiger partial charge in [-0.3, -0.25) is 4.18 Å². The van der Waals surface area contributed by atoms with E-state index >= 15 is 0 Å². The minimum atomic E-state index is -3.85. The molecule has 2 rings (SSSR count). The molecule has 8 heteroatoms. The number of hydrogen-bond donors (Lipinski definition) is 3. The summed E-state index contributed by atoms with van der Waals surface area (Å²) in [4.78, 5) is 0. The van der Waals surface area contributed by atoms with Crippen LogP contribution in [0.4, 0.5) is 11.4 Å². The van der Waals surface area contributed by atoms with E-state index in [1.807, 2.05) is 19.1 Å². The van der Waals surface area contributed by atoms with Crippen LogP contribution < -0.4 is 40.2 Å². The van der Waals surface area contributed by atoms with Gasteiger partial charge in [0.15, 0.2) is 0 Å². The first-order valence-electron chi connectivity index (χ1n) is 5.25. The third-order valence-electron chi connectivity index (χ3n) is 2.34. The topological polar surface area (TPSA) is 67.4 Å². The van der Waals surface area contributed by atoms with Gasteiger partial charge in [0, 0.05) is 0 Å². The predicted octanol–water partition coefficient (Wildman–Crippen LogP) is -1.06. The zero-order valence-corrected chi connectivity index (χ0v) is 14.0. The van der Waals surface area contributed by atoms with Crippen LogP contribution in [0.2, 0.25) is 0 Å². The molecule has 0 bridgehead atoms. The van der Waals surface area contributed by atoms with Gasteiger partial charge in [-0.1, -0.05) is 19.1 Å². The first-order valence-corrected chi connectivity index (χ1v) is 7.11. The number of para-hydroxylation sites is 2. The summed E-state index contributed by atoms with van der Waals surface area (Å²) >= 11 is 4.14. The van der Waals surface area contributed by atoms with Crippen LogP contribution in [0.1, 0.15) is 14.8 Å². The summed E-state index contributed by atoms with van der Waals surface area (Å²) in [7, 11) is -3.85. The van der Waals surface area contributed by atoms with E-state index in [2.05, 4.69) is 23.3 Å². The van der Waals surface area contributed by atoms with Crippen LogP contribution in [-0.2, 0) is 14.3 Å². The molecule has 0 aliphatic carbocycles. The van der Waals surface area contributed by atoms with Crippen LogP contribution in [0.25, 0.3) is 0 Å². The maximum absolute atomic E-state index is 12.0. The Labute approximate surface area is 136 Å². The van der Waals surface area contributed by atoms with Gasteiger partial charge in [-0.25, -0.2) is 0 Å². The van der Waals surface area contributed by atoms with Gasteiger partial charge in [0.1, 0.15) is 0 Å².